The summed E-state index contributed by atoms with van der Waals surface area (Å²) < 4.78 is 14.4. The van der Waals surface area contributed by atoms with E-state index in [1.54, 1.807) is 0 Å². The summed E-state index contributed by atoms with van der Waals surface area (Å²) in [7, 11) is 0. The molecule has 0 atom stereocenters. The molecule has 16 heavy (non-hydrogen) atoms. The van der Waals surface area contributed by atoms with Crippen molar-refractivity contribution in [2.24, 2.45) is 0 Å². The van der Waals surface area contributed by atoms with E-state index in [1.165, 1.54) is 18.2 Å². The van der Waals surface area contributed by atoms with Gasteiger partial charge in [0.05, 0.1) is 5.56 Å². The summed E-state index contributed by atoms with van der Waals surface area (Å²) in [5.41, 5.74) is 0.468. The molecule has 1 aromatic carbocycles. The summed E-state index contributed by atoms with van der Waals surface area (Å²) in [5.74, 6) is -0.520. The molecule has 0 aromatic heterocycles. The number of amides is 1. The highest BCUT2D eigenvalue weighted by molar-refractivity contribution is 14.1. The number of hydrogen-bond donors (Lipinski definition) is 1. The standard InChI is InChI=1S/C11H12BrFINO/c12-10-7-8(13)3-4-9(10)11(16)15-6-2-1-5-14/h3-4,7H,1-2,5-6H2,(H,15,16). The third-order valence-corrected chi connectivity index (χ3v) is 3.44. The lowest BCUT2D eigenvalue weighted by Crippen LogP contribution is -2.24. The van der Waals surface area contributed by atoms with Crippen molar-refractivity contribution in [2.75, 3.05) is 11.0 Å². The number of halogens is 3. The van der Waals surface area contributed by atoms with Crippen LogP contribution in [-0.4, -0.2) is 16.9 Å². The molecule has 0 unspecified atom stereocenters. The van der Waals surface area contributed by atoms with Crippen LogP contribution in [0.25, 0.3) is 0 Å². The number of rotatable bonds is 5. The van der Waals surface area contributed by atoms with E-state index in [2.05, 4.69) is 43.8 Å². The predicted octanol–water partition coefficient (Wildman–Crippen LogP) is 3.53. The molecule has 0 aliphatic carbocycles. The maximum atomic E-state index is 12.8. The van der Waals surface area contributed by atoms with E-state index in [9.17, 15) is 9.18 Å². The van der Waals surface area contributed by atoms with Gasteiger partial charge in [-0.25, -0.2) is 4.39 Å². The van der Waals surface area contributed by atoms with Gasteiger partial charge in [-0.2, -0.15) is 0 Å². The maximum absolute atomic E-state index is 12.8. The molecule has 0 bridgehead atoms. The third-order valence-electron chi connectivity index (χ3n) is 2.02. The SMILES string of the molecule is O=C(NCCCCI)c1ccc(F)cc1Br. The maximum Gasteiger partial charge on any atom is 0.252 e. The van der Waals surface area contributed by atoms with Gasteiger partial charge in [-0.15, -0.1) is 0 Å². The molecule has 5 heteroatoms. The van der Waals surface area contributed by atoms with Crippen LogP contribution in [0.2, 0.25) is 0 Å². The molecule has 0 heterocycles. The van der Waals surface area contributed by atoms with Crippen molar-refractivity contribution in [3.8, 4) is 0 Å². The first kappa shape index (κ1) is 13.9. The van der Waals surface area contributed by atoms with Crippen LogP contribution in [0, 0.1) is 5.82 Å². The van der Waals surface area contributed by atoms with E-state index in [4.69, 9.17) is 0 Å². The monoisotopic (exact) mass is 399 g/mol. The van der Waals surface area contributed by atoms with Gasteiger partial charge in [0.1, 0.15) is 5.82 Å². The van der Waals surface area contributed by atoms with Gasteiger partial charge in [-0.1, -0.05) is 22.6 Å². The molecule has 1 rings (SSSR count). The lowest BCUT2D eigenvalue weighted by Gasteiger charge is -2.06. The fourth-order valence-electron chi connectivity index (χ4n) is 1.19. The molecule has 0 saturated carbocycles. The number of alkyl halides is 1. The van der Waals surface area contributed by atoms with Gasteiger partial charge >= 0.3 is 0 Å². The lowest BCUT2D eigenvalue weighted by molar-refractivity contribution is 0.0952. The van der Waals surface area contributed by atoms with E-state index in [1.807, 2.05) is 0 Å². The molecule has 0 aliphatic heterocycles. The molecule has 0 fully saturated rings. The summed E-state index contributed by atoms with van der Waals surface area (Å²) in [6.07, 6.45) is 2.05. The first-order valence-corrected chi connectivity index (χ1v) is 7.26. The molecule has 0 aliphatic rings. The normalized spacial score (nSPS) is 10.2. The van der Waals surface area contributed by atoms with Crippen LogP contribution < -0.4 is 5.32 Å². The molecule has 0 saturated heterocycles. The number of carbonyl (C=O) groups excluding carboxylic acids is 1. The molecule has 0 spiro atoms. The highest BCUT2D eigenvalue weighted by Crippen LogP contribution is 2.17. The number of unbranched alkanes of at least 4 members (excludes halogenated alkanes) is 1. The van der Waals surface area contributed by atoms with Crippen LogP contribution in [0.1, 0.15) is 23.2 Å². The zero-order chi connectivity index (χ0) is 12.0. The Hall–Kier alpha value is -0.170. The number of hydrogen-bond acceptors (Lipinski definition) is 1. The fraction of sp³-hybridized carbons (Fsp3) is 0.364. The van der Waals surface area contributed by atoms with E-state index >= 15 is 0 Å². The van der Waals surface area contributed by atoms with Gasteiger partial charge in [-0.3, -0.25) is 4.79 Å². The predicted molar refractivity (Wildman–Crippen MR) is 74.6 cm³/mol. The van der Waals surface area contributed by atoms with Crippen LogP contribution in [0.4, 0.5) is 4.39 Å². The number of carbonyl (C=O) groups is 1. The molecule has 0 radical (unpaired) electrons. The highest BCUT2D eigenvalue weighted by atomic mass is 127. The average Bonchev–Trinajstić information content (AvgIpc) is 2.24. The van der Waals surface area contributed by atoms with Gasteiger partial charge < -0.3 is 5.32 Å². The van der Waals surface area contributed by atoms with Crippen molar-refractivity contribution in [2.45, 2.75) is 12.8 Å². The first-order valence-electron chi connectivity index (χ1n) is 4.94. The minimum absolute atomic E-state index is 0.166. The Balaban J connectivity index is 2.53. The van der Waals surface area contributed by atoms with Gasteiger partial charge in [0.2, 0.25) is 0 Å². The summed E-state index contributed by atoms with van der Waals surface area (Å²) in [5, 5.41) is 2.80. The smallest absolute Gasteiger partial charge is 0.252 e. The van der Waals surface area contributed by atoms with E-state index in [-0.39, 0.29) is 11.7 Å². The molecule has 2 nitrogen and oxygen atoms in total. The summed E-state index contributed by atoms with van der Waals surface area (Å²) in [4.78, 5) is 11.7. The molecular formula is C11H12BrFINO. The molecule has 1 amide bonds. The van der Waals surface area contributed by atoms with Gasteiger partial charge in [0, 0.05) is 11.0 Å². The second kappa shape index (κ2) is 7.21. The number of benzene rings is 1. The van der Waals surface area contributed by atoms with Crippen LogP contribution in [-0.2, 0) is 0 Å². The van der Waals surface area contributed by atoms with Crippen molar-refractivity contribution < 1.29 is 9.18 Å². The van der Waals surface area contributed by atoms with Crippen LogP contribution >= 0.6 is 38.5 Å². The zero-order valence-electron chi connectivity index (χ0n) is 8.60. The third kappa shape index (κ3) is 4.37. The Kier molecular flexibility index (Phi) is 6.26. The highest BCUT2D eigenvalue weighted by Gasteiger charge is 2.09. The van der Waals surface area contributed by atoms with E-state index in [0.29, 0.717) is 16.6 Å². The molecule has 88 valence electrons. The number of nitrogens with one attached hydrogen (secondary N) is 1. The van der Waals surface area contributed by atoms with Gasteiger partial charge in [0.15, 0.2) is 0 Å². The average molecular weight is 400 g/mol. The lowest BCUT2D eigenvalue weighted by atomic mass is 10.2. The van der Waals surface area contributed by atoms with Gasteiger partial charge in [-0.05, 0) is 51.4 Å². The zero-order valence-corrected chi connectivity index (χ0v) is 12.3. The minimum Gasteiger partial charge on any atom is -0.352 e. The Labute approximate surface area is 116 Å². The largest absolute Gasteiger partial charge is 0.352 e. The van der Waals surface area contributed by atoms with Crippen molar-refractivity contribution in [3.63, 3.8) is 0 Å². The van der Waals surface area contributed by atoms with E-state index < -0.39 is 0 Å². The summed E-state index contributed by atoms with van der Waals surface area (Å²) in [6, 6.07) is 4.05. The Bertz CT molecular complexity index is 373. The van der Waals surface area contributed by atoms with Crippen molar-refractivity contribution >= 4 is 44.4 Å². The molecule has 1 N–H and O–H groups in total. The van der Waals surface area contributed by atoms with Crippen molar-refractivity contribution in [1.82, 2.24) is 5.32 Å². The summed E-state index contributed by atoms with van der Waals surface area (Å²) in [6.45, 7) is 0.658. The van der Waals surface area contributed by atoms with Crippen molar-refractivity contribution in [1.29, 1.82) is 0 Å². The second-order valence-corrected chi connectivity index (χ2v) is 5.21. The topological polar surface area (TPSA) is 29.1 Å². The first-order chi connectivity index (χ1) is 7.65. The van der Waals surface area contributed by atoms with Crippen LogP contribution in [0.3, 0.4) is 0 Å². The minimum atomic E-state index is -0.353. The molecular weight excluding hydrogens is 388 g/mol. The Morgan fingerprint density at radius 2 is 2.19 bits per heavy atom. The molecule has 1 aromatic rings. The van der Waals surface area contributed by atoms with Crippen LogP contribution in [0.5, 0.6) is 0 Å². The van der Waals surface area contributed by atoms with Crippen molar-refractivity contribution in [3.05, 3.63) is 34.1 Å². The Morgan fingerprint density at radius 1 is 1.44 bits per heavy atom. The quantitative estimate of drug-likeness (QED) is 0.458. The second-order valence-electron chi connectivity index (χ2n) is 3.28. The summed E-state index contributed by atoms with van der Waals surface area (Å²) >= 11 is 5.47. The van der Waals surface area contributed by atoms with Crippen LogP contribution in [0.15, 0.2) is 22.7 Å². The van der Waals surface area contributed by atoms with Gasteiger partial charge in [0.25, 0.3) is 5.91 Å². The fourth-order valence-corrected chi connectivity index (χ4v) is 2.26. The van der Waals surface area contributed by atoms with E-state index in [0.717, 1.165) is 17.3 Å². The Morgan fingerprint density at radius 3 is 2.81 bits per heavy atom.